The van der Waals surface area contributed by atoms with Crippen LogP contribution in [0.15, 0.2) is 6.07 Å². The molecule has 1 aromatic carbocycles. The van der Waals surface area contributed by atoms with Crippen LogP contribution >= 0.6 is 23.2 Å². The van der Waals surface area contributed by atoms with Gasteiger partial charge in [-0.05, 0) is 12.5 Å². The zero-order valence-electron chi connectivity index (χ0n) is 18.2. The molecule has 2 heterocycles. The molecule has 194 valence electrons. The van der Waals surface area contributed by atoms with E-state index in [0.29, 0.717) is 5.56 Å². The average Bonchev–Trinajstić information content (AvgIpc) is 2.83. The van der Waals surface area contributed by atoms with Gasteiger partial charge in [-0.2, -0.15) is 0 Å². The number of halogens is 2. The van der Waals surface area contributed by atoms with Gasteiger partial charge in [0.2, 0.25) is 6.29 Å². The molecule has 2 aliphatic rings. The maximum atomic E-state index is 10.4. The molecule has 0 unspecified atom stereocenters. The molecule has 0 bridgehead atoms. The van der Waals surface area contributed by atoms with Crippen LogP contribution in [0, 0.1) is 6.92 Å². The molecule has 0 aliphatic carbocycles. The van der Waals surface area contributed by atoms with Crippen molar-refractivity contribution in [1.29, 1.82) is 0 Å². The minimum atomic E-state index is -1.71. The molecule has 2 saturated heterocycles. The van der Waals surface area contributed by atoms with Crippen molar-refractivity contribution in [3.8, 4) is 11.5 Å². The van der Waals surface area contributed by atoms with Crippen LogP contribution in [0.3, 0.4) is 0 Å². The lowest BCUT2D eigenvalue weighted by atomic mass is 9.98. The molecule has 34 heavy (non-hydrogen) atoms. The van der Waals surface area contributed by atoms with Gasteiger partial charge in [0, 0.05) is 6.07 Å². The summed E-state index contributed by atoms with van der Waals surface area (Å²) in [6.45, 7) is 0.469. The van der Waals surface area contributed by atoms with Crippen LogP contribution < -0.4 is 9.47 Å². The van der Waals surface area contributed by atoms with E-state index < -0.39 is 74.6 Å². The summed E-state index contributed by atoms with van der Waals surface area (Å²) in [5.74, 6) is 0.272. The third-order valence-corrected chi connectivity index (χ3v) is 6.70. The van der Waals surface area contributed by atoms with Crippen molar-refractivity contribution in [3.05, 3.63) is 21.7 Å². The lowest BCUT2D eigenvalue weighted by molar-refractivity contribution is -0.323. The molecule has 0 aromatic heterocycles. The summed E-state index contributed by atoms with van der Waals surface area (Å²) >= 11 is 12.4. The van der Waals surface area contributed by atoms with Gasteiger partial charge in [0.1, 0.15) is 60.3 Å². The molecule has 0 spiro atoms. The molecule has 2 aliphatic heterocycles. The Morgan fingerprint density at radius 3 is 1.91 bits per heavy atom. The van der Waals surface area contributed by atoms with E-state index in [1.807, 2.05) is 0 Å². The Morgan fingerprint density at radius 2 is 1.32 bits per heavy atom. The normalized spacial score (nSPS) is 38.6. The highest BCUT2D eigenvalue weighted by molar-refractivity contribution is 6.37. The summed E-state index contributed by atoms with van der Waals surface area (Å²) in [6.07, 6.45) is -15.4. The Hall–Kier alpha value is -1.00. The molecule has 14 heteroatoms. The smallest absolute Gasteiger partial charge is 0.229 e. The first-order chi connectivity index (χ1) is 16.0. The number of methoxy groups -OCH3 is 1. The van der Waals surface area contributed by atoms with E-state index in [-0.39, 0.29) is 21.5 Å². The van der Waals surface area contributed by atoms with Gasteiger partial charge >= 0.3 is 0 Å². The van der Waals surface area contributed by atoms with Crippen LogP contribution in [0.2, 0.25) is 10.0 Å². The predicted octanol–water partition coefficient (Wildman–Crippen LogP) is -1.69. The highest BCUT2D eigenvalue weighted by Gasteiger charge is 2.48. The highest BCUT2D eigenvalue weighted by atomic mass is 35.5. The summed E-state index contributed by atoms with van der Waals surface area (Å²) in [7, 11) is 1.39. The fourth-order valence-corrected chi connectivity index (χ4v) is 4.09. The molecule has 0 radical (unpaired) electrons. The van der Waals surface area contributed by atoms with Gasteiger partial charge in [0.15, 0.2) is 6.29 Å². The van der Waals surface area contributed by atoms with E-state index in [4.69, 9.17) is 46.9 Å². The van der Waals surface area contributed by atoms with Crippen LogP contribution in [0.1, 0.15) is 5.56 Å². The maximum absolute atomic E-state index is 10.4. The van der Waals surface area contributed by atoms with E-state index in [0.717, 1.165) is 0 Å². The largest absolute Gasteiger partial charge is 0.495 e. The Morgan fingerprint density at radius 1 is 0.794 bits per heavy atom. The molecule has 12 nitrogen and oxygen atoms in total. The van der Waals surface area contributed by atoms with Gasteiger partial charge in [0.25, 0.3) is 0 Å². The summed E-state index contributed by atoms with van der Waals surface area (Å²) in [5, 5.41) is 70.4. The topological polar surface area (TPSA) is 188 Å². The first-order valence-electron chi connectivity index (χ1n) is 10.3. The number of hydrogen-bond acceptors (Lipinski definition) is 12. The van der Waals surface area contributed by atoms with Gasteiger partial charge in [0.05, 0.1) is 30.4 Å². The highest BCUT2D eigenvalue weighted by Crippen LogP contribution is 2.41. The molecule has 0 amide bonds. The summed E-state index contributed by atoms with van der Waals surface area (Å²) in [4.78, 5) is 0. The Bertz CT molecular complexity index is 842. The van der Waals surface area contributed by atoms with Crippen LogP contribution in [-0.2, 0) is 14.2 Å². The van der Waals surface area contributed by atoms with Crippen molar-refractivity contribution in [2.24, 2.45) is 0 Å². The standard InChI is InChI=1S/C20H28Cl2O12/c1-6-11(21)7(30-2)3-8(12(6)22)32-20-18(29)16(27)14(25)10(34-20)5-31-19-17(28)15(26)13(24)9(4-23)33-19/h3,9-10,13-20,23-29H,4-5H2,1-2H3/t9-,10-,13-,14-,15+,16+,17-,18-,19+,20+/m1/s1. The number of benzene rings is 1. The van der Waals surface area contributed by atoms with Gasteiger partial charge in [-0.1, -0.05) is 23.2 Å². The molecule has 7 N–H and O–H groups in total. The lowest BCUT2D eigenvalue weighted by Crippen LogP contribution is -2.62. The number of aliphatic hydroxyl groups excluding tert-OH is 7. The van der Waals surface area contributed by atoms with Crippen molar-refractivity contribution in [3.63, 3.8) is 0 Å². The third kappa shape index (κ3) is 5.38. The average molecular weight is 531 g/mol. The molecular formula is C20H28Cl2O12. The first-order valence-corrected chi connectivity index (χ1v) is 11.1. The van der Waals surface area contributed by atoms with Crippen molar-refractivity contribution in [2.75, 3.05) is 20.3 Å². The van der Waals surface area contributed by atoms with E-state index >= 15 is 0 Å². The molecule has 1 aromatic rings. The molecule has 2 fully saturated rings. The van der Waals surface area contributed by atoms with E-state index in [2.05, 4.69) is 0 Å². The molecule has 10 atom stereocenters. The van der Waals surface area contributed by atoms with Gasteiger partial charge < -0.3 is 59.4 Å². The molecule has 0 saturated carbocycles. The summed E-state index contributed by atoms with van der Waals surface area (Å²) in [5.41, 5.74) is 0.436. The van der Waals surface area contributed by atoms with Gasteiger partial charge in [-0.25, -0.2) is 0 Å². The fourth-order valence-electron chi connectivity index (χ4n) is 3.62. The molecular weight excluding hydrogens is 503 g/mol. The monoisotopic (exact) mass is 530 g/mol. The maximum Gasteiger partial charge on any atom is 0.229 e. The minimum Gasteiger partial charge on any atom is -0.495 e. The van der Waals surface area contributed by atoms with Crippen molar-refractivity contribution in [1.82, 2.24) is 0 Å². The number of rotatable bonds is 7. The van der Waals surface area contributed by atoms with Crippen LogP contribution in [0.5, 0.6) is 11.5 Å². The van der Waals surface area contributed by atoms with Gasteiger partial charge in [-0.15, -0.1) is 0 Å². The van der Waals surface area contributed by atoms with Crippen molar-refractivity contribution < 1.29 is 59.4 Å². The second kappa shape index (κ2) is 11.4. The first kappa shape index (κ1) is 27.6. The van der Waals surface area contributed by atoms with Crippen LogP contribution in [0.4, 0.5) is 0 Å². The predicted molar refractivity (Wildman–Crippen MR) is 115 cm³/mol. The summed E-state index contributed by atoms with van der Waals surface area (Å²) in [6, 6.07) is 1.37. The fraction of sp³-hybridized carbons (Fsp3) is 0.700. The van der Waals surface area contributed by atoms with Gasteiger partial charge in [-0.3, -0.25) is 0 Å². The van der Waals surface area contributed by atoms with E-state index in [1.165, 1.54) is 13.2 Å². The second-order valence-electron chi connectivity index (χ2n) is 7.99. The number of aliphatic hydroxyl groups is 7. The Labute approximate surface area is 204 Å². The van der Waals surface area contributed by atoms with Crippen molar-refractivity contribution in [2.45, 2.75) is 68.3 Å². The second-order valence-corrected chi connectivity index (χ2v) is 8.75. The minimum absolute atomic E-state index is 0.0293. The summed E-state index contributed by atoms with van der Waals surface area (Å²) < 4.78 is 27.0. The van der Waals surface area contributed by atoms with Crippen LogP contribution in [-0.4, -0.2) is 117 Å². The zero-order valence-corrected chi connectivity index (χ0v) is 19.7. The Kier molecular flexibility index (Phi) is 9.23. The number of ether oxygens (including phenoxy) is 5. The van der Waals surface area contributed by atoms with E-state index in [9.17, 15) is 35.7 Å². The quantitative estimate of drug-likeness (QED) is 0.212. The lowest BCUT2D eigenvalue weighted by Gasteiger charge is -2.42. The van der Waals surface area contributed by atoms with E-state index in [1.54, 1.807) is 6.92 Å². The van der Waals surface area contributed by atoms with Crippen LogP contribution in [0.25, 0.3) is 0 Å². The third-order valence-electron chi connectivity index (χ3n) is 5.76. The number of hydrogen-bond donors (Lipinski definition) is 7. The SMILES string of the molecule is COc1cc(O[C@H]2O[C@H](CO[C@H]3O[C@H](CO)[C@@H](O)[C@H](O)[C@H]3O)[C@@H](O)[C@H](O)[C@H]2O)c(Cl)c(C)c1Cl. The Balaban J connectivity index is 1.73. The van der Waals surface area contributed by atoms with Crippen molar-refractivity contribution >= 4 is 23.2 Å². The molecule has 3 rings (SSSR count). The zero-order chi connectivity index (χ0) is 25.3.